The Morgan fingerprint density at radius 3 is 2.35 bits per heavy atom. The van der Waals surface area contributed by atoms with Crippen molar-refractivity contribution in [3.05, 3.63) is 11.5 Å². The maximum atomic E-state index is 6.08. The zero-order valence-corrected chi connectivity index (χ0v) is 11.2. The first-order chi connectivity index (χ1) is 7.87. The second-order valence-electron chi connectivity index (χ2n) is 6.41. The molecule has 2 fully saturated rings. The molecule has 94 valence electrons. The summed E-state index contributed by atoms with van der Waals surface area (Å²) in [5.74, 6) is 0. The van der Waals surface area contributed by atoms with E-state index in [0.29, 0.717) is 12.2 Å². The molecule has 3 rings (SSSR count). The predicted octanol–water partition coefficient (Wildman–Crippen LogP) is 2.50. The third-order valence-electron chi connectivity index (χ3n) is 4.56. The van der Waals surface area contributed by atoms with Gasteiger partial charge < -0.3 is 14.0 Å². The van der Waals surface area contributed by atoms with Gasteiger partial charge in [-0.2, -0.15) is 0 Å². The lowest BCUT2D eigenvalue weighted by Gasteiger charge is -2.32. The van der Waals surface area contributed by atoms with Crippen molar-refractivity contribution in [3.63, 3.8) is 0 Å². The molecule has 0 amide bonds. The molecule has 0 saturated carbocycles. The molecule has 4 heteroatoms. The van der Waals surface area contributed by atoms with Gasteiger partial charge in [-0.3, -0.25) is 0 Å². The maximum Gasteiger partial charge on any atom is 0.490 e. The second-order valence-corrected chi connectivity index (χ2v) is 6.41. The molecule has 2 bridgehead atoms. The largest absolute Gasteiger partial charge is 0.490 e. The van der Waals surface area contributed by atoms with Crippen molar-refractivity contribution < 1.29 is 14.0 Å². The Labute approximate surface area is 104 Å². The lowest BCUT2D eigenvalue weighted by Crippen LogP contribution is -2.41. The smallest absolute Gasteiger partial charge is 0.400 e. The van der Waals surface area contributed by atoms with Crippen LogP contribution in [0, 0.1) is 0 Å². The van der Waals surface area contributed by atoms with Crippen molar-refractivity contribution in [1.29, 1.82) is 0 Å². The van der Waals surface area contributed by atoms with E-state index in [9.17, 15) is 0 Å². The molecule has 0 aromatic heterocycles. The molecule has 0 radical (unpaired) electrons. The van der Waals surface area contributed by atoms with Gasteiger partial charge in [0, 0.05) is 0 Å². The van der Waals surface area contributed by atoms with Crippen molar-refractivity contribution >= 4 is 7.12 Å². The number of rotatable bonds is 1. The van der Waals surface area contributed by atoms with Crippen LogP contribution in [0.4, 0.5) is 0 Å². The monoisotopic (exact) mass is 236 g/mol. The van der Waals surface area contributed by atoms with Gasteiger partial charge in [0.15, 0.2) is 0 Å². The highest BCUT2D eigenvalue weighted by Gasteiger charge is 2.53. The fourth-order valence-electron chi connectivity index (χ4n) is 2.75. The molecule has 0 N–H and O–H groups in total. The molecule has 0 aliphatic carbocycles. The van der Waals surface area contributed by atoms with E-state index in [-0.39, 0.29) is 18.3 Å². The third kappa shape index (κ3) is 1.87. The minimum Gasteiger partial charge on any atom is -0.400 e. The molecule has 2 atom stereocenters. The predicted molar refractivity (Wildman–Crippen MR) is 66.7 cm³/mol. The van der Waals surface area contributed by atoms with Gasteiger partial charge in [-0.15, -0.1) is 0 Å². The molecule has 2 saturated heterocycles. The highest BCUT2D eigenvalue weighted by molar-refractivity contribution is 6.54. The average Bonchev–Trinajstić information content (AvgIpc) is 2.65. The summed E-state index contributed by atoms with van der Waals surface area (Å²) in [7, 11) is -0.174. The molecule has 2 unspecified atom stereocenters. The van der Waals surface area contributed by atoms with Crippen LogP contribution in [0.5, 0.6) is 0 Å². The maximum absolute atomic E-state index is 6.08. The molecule has 3 aliphatic rings. The summed E-state index contributed by atoms with van der Waals surface area (Å²) in [6.45, 7) is 8.39. The van der Waals surface area contributed by atoms with Gasteiger partial charge in [-0.1, -0.05) is 6.08 Å². The summed E-state index contributed by atoms with van der Waals surface area (Å²) in [6.07, 6.45) is 6.18. The Balaban J connectivity index is 1.79. The van der Waals surface area contributed by atoms with Crippen LogP contribution in [0.2, 0.25) is 0 Å². The van der Waals surface area contributed by atoms with E-state index in [1.165, 1.54) is 11.9 Å². The van der Waals surface area contributed by atoms with E-state index in [1.54, 1.807) is 0 Å². The van der Waals surface area contributed by atoms with E-state index >= 15 is 0 Å². The first-order valence-electron chi connectivity index (χ1n) is 6.59. The van der Waals surface area contributed by atoms with Gasteiger partial charge in [-0.05, 0) is 52.4 Å². The molecular weight excluding hydrogens is 215 g/mol. The van der Waals surface area contributed by atoms with Crippen LogP contribution in [0.25, 0.3) is 0 Å². The number of ether oxygens (including phenoxy) is 1. The molecule has 0 spiro atoms. The van der Waals surface area contributed by atoms with Crippen LogP contribution >= 0.6 is 0 Å². The summed E-state index contributed by atoms with van der Waals surface area (Å²) >= 11 is 0. The number of fused-ring (bicyclic) bond motifs is 2. The van der Waals surface area contributed by atoms with Crippen LogP contribution < -0.4 is 0 Å². The Bertz CT molecular complexity index is 346. The number of hydrogen-bond donors (Lipinski definition) is 0. The minimum atomic E-state index is -0.240. The quantitative estimate of drug-likeness (QED) is 0.654. The second kappa shape index (κ2) is 3.59. The summed E-state index contributed by atoms with van der Waals surface area (Å²) in [5, 5.41) is 0. The van der Waals surface area contributed by atoms with Gasteiger partial charge in [0.25, 0.3) is 0 Å². The molecule has 3 nitrogen and oxygen atoms in total. The molecule has 17 heavy (non-hydrogen) atoms. The first-order valence-corrected chi connectivity index (χ1v) is 6.59. The van der Waals surface area contributed by atoms with Crippen LogP contribution in [-0.4, -0.2) is 30.5 Å². The number of hydrogen-bond acceptors (Lipinski definition) is 3. The summed E-state index contributed by atoms with van der Waals surface area (Å²) in [4.78, 5) is 0. The molecule has 3 heterocycles. The molecular formula is C13H21BO3. The van der Waals surface area contributed by atoms with E-state index in [0.717, 1.165) is 12.8 Å². The average molecular weight is 236 g/mol. The first kappa shape index (κ1) is 11.8. The minimum absolute atomic E-state index is 0.174. The lowest BCUT2D eigenvalue weighted by atomic mass is 9.74. The van der Waals surface area contributed by atoms with Crippen molar-refractivity contribution in [2.75, 3.05) is 0 Å². The van der Waals surface area contributed by atoms with Crippen LogP contribution in [0.1, 0.15) is 47.0 Å². The van der Waals surface area contributed by atoms with Crippen LogP contribution in [-0.2, 0) is 14.0 Å². The van der Waals surface area contributed by atoms with Crippen molar-refractivity contribution in [1.82, 2.24) is 0 Å². The fraction of sp³-hybridized carbons (Fsp3) is 0.846. The van der Waals surface area contributed by atoms with Crippen molar-refractivity contribution in [2.24, 2.45) is 0 Å². The summed E-state index contributed by atoms with van der Waals surface area (Å²) in [6, 6.07) is 0. The Morgan fingerprint density at radius 2 is 1.76 bits per heavy atom. The normalized spacial score (nSPS) is 38.4. The lowest BCUT2D eigenvalue weighted by molar-refractivity contribution is 0.00578. The SMILES string of the molecule is CC1(C)OB(C2=CC3CCC(C2)O3)OC1(C)C. The van der Waals surface area contributed by atoms with Gasteiger partial charge >= 0.3 is 7.12 Å². The van der Waals surface area contributed by atoms with Gasteiger partial charge in [0.05, 0.1) is 23.4 Å². The standard InChI is InChI=1S/C13H21BO3/c1-12(2)13(3,4)17-14(16-12)9-7-10-5-6-11(8-9)15-10/h7,10-11H,5-6,8H2,1-4H3. The van der Waals surface area contributed by atoms with E-state index in [1.807, 2.05) is 0 Å². The third-order valence-corrected chi connectivity index (χ3v) is 4.56. The van der Waals surface area contributed by atoms with Crippen LogP contribution in [0.15, 0.2) is 11.5 Å². The fourth-order valence-corrected chi connectivity index (χ4v) is 2.75. The summed E-state index contributed by atoms with van der Waals surface area (Å²) in [5.41, 5.74) is 0.800. The van der Waals surface area contributed by atoms with E-state index in [2.05, 4.69) is 33.8 Å². The molecule has 0 aromatic rings. The van der Waals surface area contributed by atoms with Gasteiger partial charge in [0.1, 0.15) is 0 Å². The molecule has 0 aromatic carbocycles. The van der Waals surface area contributed by atoms with Crippen molar-refractivity contribution in [2.45, 2.75) is 70.4 Å². The summed E-state index contributed by atoms with van der Waals surface area (Å²) < 4.78 is 18.0. The van der Waals surface area contributed by atoms with E-state index in [4.69, 9.17) is 14.0 Å². The highest BCUT2D eigenvalue weighted by Crippen LogP contribution is 2.41. The molecule has 3 aliphatic heterocycles. The van der Waals surface area contributed by atoms with Gasteiger partial charge in [0.2, 0.25) is 0 Å². The zero-order chi connectivity index (χ0) is 12.3. The van der Waals surface area contributed by atoms with Gasteiger partial charge in [-0.25, -0.2) is 0 Å². The topological polar surface area (TPSA) is 27.7 Å². The highest BCUT2D eigenvalue weighted by atomic mass is 16.7. The Kier molecular flexibility index (Phi) is 2.48. The Hall–Kier alpha value is -0.315. The van der Waals surface area contributed by atoms with E-state index < -0.39 is 0 Å². The van der Waals surface area contributed by atoms with Crippen molar-refractivity contribution in [3.8, 4) is 0 Å². The Morgan fingerprint density at radius 1 is 1.12 bits per heavy atom. The van der Waals surface area contributed by atoms with Crippen LogP contribution in [0.3, 0.4) is 0 Å². The zero-order valence-electron chi connectivity index (χ0n) is 11.2.